The van der Waals surface area contributed by atoms with E-state index in [1.165, 1.54) is 9.75 Å². The molecule has 2 rings (SSSR count). The molecule has 0 saturated carbocycles. The average molecular weight is 338 g/mol. The van der Waals surface area contributed by atoms with Crippen molar-refractivity contribution in [2.75, 3.05) is 19.7 Å². The molecule has 0 aromatic carbocycles. The zero-order chi connectivity index (χ0) is 16.7. The summed E-state index contributed by atoms with van der Waals surface area (Å²) in [4.78, 5) is 28.4. The van der Waals surface area contributed by atoms with Crippen LogP contribution >= 0.6 is 11.3 Å². The number of esters is 1. The summed E-state index contributed by atoms with van der Waals surface area (Å²) in [6.07, 6.45) is 4.56. The lowest BCUT2D eigenvalue weighted by Crippen LogP contribution is -2.42. The Balaban J connectivity index is 1.95. The highest BCUT2D eigenvalue weighted by Gasteiger charge is 2.27. The number of likely N-dealkylation sites (tertiary alicyclic amines) is 1. The van der Waals surface area contributed by atoms with Gasteiger partial charge in [-0.05, 0) is 38.8 Å². The maximum Gasteiger partial charge on any atom is 0.317 e. The van der Waals surface area contributed by atoms with Crippen LogP contribution in [-0.4, -0.2) is 36.6 Å². The molecule has 0 radical (unpaired) electrons. The van der Waals surface area contributed by atoms with Crippen LogP contribution in [0.25, 0.3) is 0 Å². The van der Waals surface area contributed by atoms with Crippen LogP contribution in [0.3, 0.4) is 0 Å². The van der Waals surface area contributed by atoms with E-state index in [4.69, 9.17) is 4.74 Å². The Labute approximate surface area is 142 Å². The van der Waals surface area contributed by atoms with Gasteiger partial charge in [-0.15, -0.1) is 11.3 Å². The molecule has 1 unspecified atom stereocenters. The van der Waals surface area contributed by atoms with E-state index in [1.54, 1.807) is 18.3 Å². The highest BCUT2D eigenvalue weighted by molar-refractivity contribution is 7.12. The second kappa shape index (κ2) is 8.91. The first-order chi connectivity index (χ1) is 11.1. The van der Waals surface area contributed by atoms with E-state index in [1.807, 2.05) is 4.90 Å². The molecule has 1 aromatic heterocycles. The predicted molar refractivity (Wildman–Crippen MR) is 91.6 cm³/mol. The summed E-state index contributed by atoms with van der Waals surface area (Å²) >= 11 is 1.76. The highest BCUT2D eigenvalue weighted by atomic mass is 32.1. The van der Waals surface area contributed by atoms with Gasteiger partial charge in [0, 0.05) is 22.8 Å². The lowest BCUT2D eigenvalue weighted by Gasteiger charge is -2.29. The van der Waals surface area contributed by atoms with Crippen LogP contribution in [0.5, 0.6) is 0 Å². The number of hydrogen-bond donors (Lipinski definition) is 1. The second-order valence-corrected chi connectivity index (χ2v) is 7.11. The number of amides is 2. The average Bonchev–Trinajstić information content (AvgIpc) is 2.81. The summed E-state index contributed by atoms with van der Waals surface area (Å²) in [5.74, 6) is -0.269. The number of nitrogens with one attached hydrogen (secondary N) is 1. The normalized spacial score (nSPS) is 18.3. The minimum Gasteiger partial charge on any atom is -0.466 e. The monoisotopic (exact) mass is 338 g/mol. The van der Waals surface area contributed by atoms with Gasteiger partial charge in [0.2, 0.25) is 0 Å². The fourth-order valence-electron chi connectivity index (χ4n) is 2.89. The third kappa shape index (κ3) is 5.23. The van der Waals surface area contributed by atoms with E-state index >= 15 is 0 Å². The maximum atomic E-state index is 12.5. The second-order valence-electron chi connectivity index (χ2n) is 5.79. The van der Waals surface area contributed by atoms with Crippen LogP contribution < -0.4 is 5.32 Å². The zero-order valence-corrected chi connectivity index (χ0v) is 14.8. The number of carbonyl (C=O) groups is 2. The van der Waals surface area contributed by atoms with Gasteiger partial charge in [0.05, 0.1) is 19.1 Å². The van der Waals surface area contributed by atoms with Gasteiger partial charge in [0.25, 0.3) is 0 Å². The molecule has 1 atom stereocenters. The van der Waals surface area contributed by atoms with Crippen molar-refractivity contribution in [1.82, 2.24) is 10.2 Å². The number of carbonyl (C=O) groups excluding carboxylic acids is 2. The van der Waals surface area contributed by atoms with E-state index in [0.717, 1.165) is 32.2 Å². The molecule has 23 heavy (non-hydrogen) atoms. The van der Waals surface area contributed by atoms with Gasteiger partial charge in [-0.1, -0.05) is 12.8 Å². The van der Waals surface area contributed by atoms with Crippen molar-refractivity contribution >= 4 is 23.3 Å². The van der Waals surface area contributed by atoms with E-state index in [9.17, 15) is 9.59 Å². The Hall–Kier alpha value is -1.56. The number of nitrogens with zero attached hydrogens (tertiary/aromatic N) is 1. The van der Waals surface area contributed by atoms with Gasteiger partial charge < -0.3 is 15.0 Å². The fourth-order valence-corrected chi connectivity index (χ4v) is 3.91. The van der Waals surface area contributed by atoms with Crippen LogP contribution in [0, 0.1) is 6.92 Å². The summed E-state index contributed by atoms with van der Waals surface area (Å²) in [5.41, 5.74) is 0. The van der Waals surface area contributed by atoms with Crippen molar-refractivity contribution in [3.05, 3.63) is 21.9 Å². The Morgan fingerprint density at radius 1 is 1.35 bits per heavy atom. The quantitative estimate of drug-likeness (QED) is 0.834. The molecular weight excluding hydrogens is 312 g/mol. The van der Waals surface area contributed by atoms with Gasteiger partial charge in [0.1, 0.15) is 0 Å². The Morgan fingerprint density at radius 2 is 2.17 bits per heavy atom. The minimum absolute atomic E-state index is 0.0766. The Morgan fingerprint density at radius 3 is 2.87 bits per heavy atom. The van der Waals surface area contributed by atoms with Crippen LogP contribution in [0.2, 0.25) is 0 Å². The molecule has 0 spiro atoms. The molecule has 0 aliphatic carbocycles. The van der Waals surface area contributed by atoms with E-state index in [-0.39, 0.29) is 24.5 Å². The SMILES string of the molecule is CCOC(=O)CCNC(=O)N1CCCCCC1c1ccc(C)s1. The summed E-state index contributed by atoms with van der Waals surface area (Å²) in [5, 5.41) is 2.87. The third-order valence-corrected chi connectivity index (χ3v) is 5.12. The number of hydrogen-bond acceptors (Lipinski definition) is 4. The first-order valence-electron chi connectivity index (χ1n) is 8.38. The van der Waals surface area contributed by atoms with E-state index in [2.05, 4.69) is 24.4 Å². The molecule has 1 fully saturated rings. The molecule has 1 aliphatic rings. The predicted octanol–water partition coefficient (Wildman–Crippen LogP) is 3.64. The lowest BCUT2D eigenvalue weighted by molar-refractivity contribution is -0.142. The Kier molecular flexibility index (Phi) is 6.89. The number of rotatable bonds is 5. The zero-order valence-electron chi connectivity index (χ0n) is 14.0. The van der Waals surface area contributed by atoms with E-state index < -0.39 is 0 Å². The molecule has 128 valence electrons. The van der Waals surface area contributed by atoms with Crippen molar-refractivity contribution in [3.8, 4) is 0 Å². The topological polar surface area (TPSA) is 58.6 Å². The highest BCUT2D eigenvalue weighted by Crippen LogP contribution is 2.34. The molecule has 2 heterocycles. The van der Waals surface area contributed by atoms with Gasteiger partial charge >= 0.3 is 12.0 Å². The van der Waals surface area contributed by atoms with Crippen LogP contribution in [0.15, 0.2) is 12.1 Å². The molecule has 2 amide bonds. The number of thiophene rings is 1. The van der Waals surface area contributed by atoms with Crippen LogP contribution in [0.1, 0.15) is 54.8 Å². The number of ether oxygens (including phenoxy) is 1. The summed E-state index contributed by atoms with van der Waals surface area (Å²) in [6.45, 7) is 5.34. The molecule has 5 nitrogen and oxygen atoms in total. The first kappa shape index (κ1) is 17.8. The molecular formula is C17H26N2O3S. The largest absolute Gasteiger partial charge is 0.466 e. The lowest BCUT2D eigenvalue weighted by atomic mass is 10.1. The summed E-state index contributed by atoms with van der Waals surface area (Å²) in [6, 6.07) is 4.32. The van der Waals surface area contributed by atoms with Crippen molar-refractivity contribution in [2.24, 2.45) is 0 Å². The Bertz CT molecular complexity index is 530. The number of urea groups is 1. The molecule has 1 aliphatic heterocycles. The first-order valence-corrected chi connectivity index (χ1v) is 9.20. The minimum atomic E-state index is -0.269. The molecule has 1 saturated heterocycles. The van der Waals surface area contributed by atoms with Crippen LogP contribution in [-0.2, 0) is 9.53 Å². The van der Waals surface area contributed by atoms with Gasteiger partial charge in [0.15, 0.2) is 0 Å². The standard InChI is InChI=1S/C17H26N2O3S/c1-3-22-16(20)10-11-18-17(21)19-12-6-4-5-7-14(19)15-9-8-13(2)23-15/h8-9,14H,3-7,10-12H2,1-2H3,(H,18,21). The van der Waals surface area contributed by atoms with Crippen molar-refractivity contribution in [1.29, 1.82) is 0 Å². The molecule has 6 heteroatoms. The van der Waals surface area contributed by atoms with Gasteiger partial charge in [-0.25, -0.2) is 4.79 Å². The number of aryl methyl sites for hydroxylation is 1. The smallest absolute Gasteiger partial charge is 0.317 e. The molecule has 1 N–H and O–H groups in total. The molecule has 0 bridgehead atoms. The fraction of sp³-hybridized carbons (Fsp3) is 0.647. The van der Waals surface area contributed by atoms with Gasteiger partial charge in [-0.2, -0.15) is 0 Å². The third-order valence-electron chi connectivity index (χ3n) is 4.01. The van der Waals surface area contributed by atoms with E-state index in [0.29, 0.717) is 13.2 Å². The van der Waals surface area contributed by atoms with Crippen molar-refractivity contribution in [2.45, 2.75) is 52.0 Å². The van der Waals surface area contributed by atoms with Crippen molar-refractivity contribution < 1.29 is 14.3 Å². The molecule has 1 aromatic rings. The van der Waals surface area contributed by atoms with Crippen LogP contribution in [0.4, 0.5) is 4.79 Å². The van der Waals surface area contributed by atoms with Gasteiger partial charge in [-0.3, -0.25) is 4.79 Å². The summed E-state index contributed by atoms with van der Waals surface area (Å²) in [7, 11) is 0. The maximum absolute atomic E-state index is 12.5. The summed E-state index contributed by atoms with van der Waals surface area (Å²) < 4.78 is 4.88. The van der Waals surface area contributed by atoms with Crippen molar-refractivity contribution in [3.63, 3.8) is 0 Å².